The largest absolute Gasteiger partial charge is 0.465 e. The van der Waals surface area contributed by atoms with Gasteiger partial charge >= 0.3 is 12.1 Å². The standard InChI is InChI=1S/C9H5ClF4O2/c1-16-8(15)7-5(9(12,13)14)2-4(10)3-6(7)11/h2-3H,1H3. The number of methoxy groups -OCH3 is 1. The maximum atomic E-state index is 13.2. The molecule has 0 bridgehead atoms. The molecule has 1 aromatic rings. The van der Waals surface area contributed by atoms with Crippen LogP contribution in [0.15, 0.2) is 12.1 Å². The van der Waals surface area contributed by atoms with Gasteiger partial charge in [0.15, 0.2) is 0 Å². The molecule has 0 aliphatic carbocycles. The molecule has 0 N–H and O–H groups in total. The Morgan fingerprint density at radius 1 is 1.38 bits per heavy atom. The number of halogens is 5. The second-order valence-electron chi connectivity index (χ2n) is 2.80. The van der Waals surface area contributed by atoms with Crippen LogP contribution in [0.5, 0.6) is 0 Å². The average Bonchev–Trinajstić information content (AvgIpc) is 2.14. The third-order valence-corrected chi connectivity index (χ3v) is 1.97. The molecule has 0 aliphatic heterocycles. The van der Waals surface area contributed by atoms with Crippen molar-refractivity contribution in [2.24, 2.45) is 0 Å². The first-order valence-corrected chi connectivity index (χ1v) is 4.29. The van der Waals surface area contributed by atoms with Crippen LogP contribution in [-0.4, -0.2) is 13.1 Å². The summed E-state index contributed by atoms with van der Waals surface area (Å²) in [5, 5.41) is -0.447. The highest BCUT2D eigenvalue weighted by Gasteiger charge is 2.37. The minimum Gasteiger partial charge on any atom is -0.465 e. The third kappa shape index (κ3) is 2.44. The Morgan fingerprint density at radius 2 is 1.94 bits per heavy atom. The Labute approximate surface area is 92.8 Å². The number of hydrogen-bond donors (Lipinski definition) is 0. The lowest BCUT2D eigenvalue weighted by atomic mass is 10.1. The topological polar surface area (TPSA) is 26.3 Å². The van der Waals surface area contributed by atoms with Gasteiger partial charge in [-0.05, 0) is 12.1 Å². The monoisotopic (exact) mass is 256 g/mol. The van der Waals surface area contributed by atoms with E-state index in [1.165, 1.54) is 0 Å². The zero-order chi connectivity index (χ0) is 12.5. The van der Waals surface area contributed by atoms with E-state index in [0.717, 1.165) is 7.11 Å². The SMILES string of the molecule is COC(=O)c1c(F)cc(Cl)cc1C(F)(F)F. The summed E-state index contributed by atoms with van der Waals surface area (Å²) in [4.78, 5) is 11.0. The molecule has 0 unspecified atom stereocenters. The summed E-state index contributed by atoms with van der Waals surface area (Å²) >= 11 is 5.28. The van der Waals surface area contributed by atoms with Gasteiger partial charge in [0.1, 0.15) is 11.4 Å². The first kappa shape index (κ1) is 12.8. The summed E-state index contributed by atoms with van der Waals surface area (Å²) in [7, 11) is 0.858. The predicted octanol–water partition coefficient (Wildman–Crippen LogP) is 3.28. The number of hydrogen-bond acceptors (Lipinski definition) is 2. The zero-order valence-electron chi connectivity index (χ0n) is 7.86. The molecular formula is C9H5ClF4O2. The fourth-order valence-electron chi connectivity index (χ4n) is 1.11. The highest BCUT2D eigenvalue weighted by Crippen LogP contribution is 2.35. The average molecular weight is 257 g/mol. The molecule has 0 radical (unpaired) electrons. The van der Waals surface area contributed by atoms with Gasteiger partial charge in [-0.2, -0.15) is 13.2 Å². The van der Waals surface area contributed by atoms with Gasteiger partial charge in [-0.3, -0.25) is 0 Å². The van der Waals surface area contributed by atoms with Gasteiger partial charge in [0.25, 0.3) is 0 Å². The van der Waals surface area contributed by atoms with Crippen molar-refractivity contribution in [1.29, 1.82) is 0 Å². The number of benzene rings is 1. The molecular weight excluding hydrogens is 252 g/mol. The highest BCUT2D eigenvalue weighted by atomic mass is 35.5. The summed E-state index contributed by atoms with van der Waals surface area (Å²) in [5.74, 6) is -2.77. The molecule has 1 rings (SSSR count). The number of rotatable bonds is 1. The molecule has 88 valence electrons. The van der Waals surface area contributed by atoms with Crippen LogP contribution in [0.1, 0.15) is 15.9 Å². The Balaban J connectivity index is 3.51. The maximum Gasteiger partial charge on any atom is 0.417 e. The van der Waals surface area contributed by atoms with Gasteiger partial charge in [0, 0.05) is 5.02 Å². The molecule has 0 atom stereocenters. The van der Waals surface area contributed by atoms with E-state index in [9.17, 15) is 22.4 Å². The summed E-state index contributed by atoms with van der Waals surface area (Å²) in [6.07, 6.45) is -4.88. The summed E-state index contributed by atoms with van der Waals surface area (Å²) < 4.78 is 54.7. The third-order valence-electron chi connectivity index (χ3n) is 1.75. The summed E-state index contributed by atoms with van der Waals surface area (Å²) in [6, 6.07) is 1.08. The van der Waals surface area contributed by atoms with Crippen molar-refractivity contribution in [3.05, 3.63) is 34.1 Å². The van der Waals surface area contributed by atoms with Crippen LogP contribution in [-0.2, 0) is 10.9 Å². The molecule has 0 saturated heterocycles. The molecule has 0 heterocycles. The Hall–Kier alpha value is -1.30. The molecule has 0 aromatic heterocycles. The number of carbonyl (C=O) groups is 1. The van der Waals surface area contributed by atoms with E-state index in [2.05, 4.69) is 4.74 Å². The van der Waals surface area contributed by atoms with Crippen molar-refractivity contribution in [2.75, 3.05) is 7.11 Å². The first-order chi connectivity index (χ1) is 7.27. The number of ether oxygens (including phenoxy) is 1. The number of carbonyl (C=O) groups excluding carboxylic acids is 1. The zero-order valence-corrected chi connectivity index (χ0v) is 8.62. The van der Waals surface area contributed by atoms with E-state index in [4.69, 9.17) is 11.6 Å². The van der Waals surface area contributed by atoms with Gasteiger partial charge < -0.3 is 4.74 Å². The second kappa shape index (κ2) is 4.29. The van der Waals surface area contributed by atoms with Crippen molar-refractivity contribution in [3.8, 4) is 0 Å². The second-order valence-corrected chi connectivity index (χ2v) is 3.24. The summed E-state index contributed by atoms with van der Waals surface area (Å²) in [5.41, 5.74) is -2.62. The molecule has 16 heavy (non-hydrogen) atoms. The van der Waals surface area contributed by atoms with Crippen LogP contribution in [0.4, 0.5) is 17.6 Å². The number of alkyl halides is 3. The summed E-state index contributed by atoms with van der Waals surface area (Å²) in [6.45, 7) is 0. The Kier molecular flexibility index (Phi) is 3.42. The Morgan fingerprint density at radius 3 is 2.38 bits per heavy atom. The van der Waals surface area contributed by atoms with Crippen LogP contribution in [0, 0.1) is 5.82 Å². The van der Waals surface area contributed by atoms with Crippen LogP contribution >= 0.6 is 11.6 Å². The van der Waals surface area contributed by atoms with Crippen LogP contribution in [0.2, 0.25) is 5.02 Å². The maximum absolute atomic E-state index is 13.2. The van der Waals surface area contributed by atoms with E-state index in [1.807, 2.05) is 0 Å². The van der Waals surface area contributed by atoms with Crippen molar-refractivity contribution in [1.82, 2.24) is 0 Å². The van der Waals surface area contributed by atoms with Gasteiger partial charge in [-0.15, -0.1) is 0 Å². The van der Waals surface area contributed by atoms with E-state index in [0.29, 0.717) is 12.1 Å². The highest BCUT2D eigenvalue weighted by molar-refractivity contribution is 6.30. The molecule has 0 spiro atoms. The fourth-order valence-corrected chi connectivity index (χ4v) is 1.31. The van der Waals surface area contributed by atoms with E-state index < -0.39 is 34.1 Å². The molecule has 0 saturated carbocycles. The Bertz CT molecular complexity index is 428. The van der Waals surface area contributed by atoms with Crippen LogP contribution in [0.3, 0.4) is 0 Å². The lowest BCUT2D eigenvalue weighted by Crippen LogP contribution is -2.16. The van der Waals surface area contributed by atoms with Gasteiger partial charge in [-0.1, -0.05) is 11.6 Å². The van der Waals surface area contributed by atoms with Gasteiger partial charge in [0.2, 0.25) is 0 Å². The molecule has 0 fully saturated rings. The van der Waals surface area contributed by atoms with Crippen molar-refractivity contribution >= 4 is 17.6 Å². The lowest BCUT2D eigenvalue weighted by molar-refractivity contribution is -0.138. The van der Waals surface area contributed by atoms with E-state index in [-0.39, 0.29) is 0 Å². The molecule has 0 amide bonds. The lowest BCUT2D eigenvalue weighted by Gasteiger charge is -2.12. The van der Waals surface area contributed by atoms with Gasteiger partial charge in [0.05, 0.1) is 12.7 Å². The van der Waals surface area contributed by atoms with E-state index >= 15 is 0 Å². The van der Waals surface area contributed by atoms with Crippen LogP contribution < -0.4 is 0 Å². The predicted molar refractivity (Wildman–Crippen MR) is 47.8 cm³/mol. The normalized spacial score (nSPS) is 11.4. The quantitative estimate of drug-likeness (QED) is 0.569. The van der Waals surface area contributed by atoms with Crippen molar-refractivity contribution in [2.45, 2.75) is 6.18 Å². The molecule has 2 nitrogen and oxygen atoms in total. The fraction of sp³-hybridized carbons (Fsp3) is 0.222. The molecule has 0 aliphatic rings. The smallest absolute Gasteiger partial charge is 0.417 e. The minimum absolute atomic E-state index is 0.447. The van der Waals surface area contributed by atoms with Crippen molar-refractivity contribution < 1.29 is 27.1 Å². The molecule has 1 aromatic carbocycles. The van der Waals surface area contributed by atoms with Crippen molar-refractivity contribution in [3.63, 3.8) is 0 Å². The van der Waals surface area contributed by atoms with E-state index in [1.54, 1.807) is 0 Å². The minimum atomic E-state index is -4.88. The van der Waals surface area contributed by atoms with Crippen LogP contribution in [0.25, 0.3) is 0 Å². The van der Waals surface area contributed by atoms with Gasteiger partial charge in [-0.25, -0.2) is 9.18 Å². The first-order valence-electron chi connectivity index (χ1n) is 3.92. The molecule has 7 heteroatoms. The number of esters is 1.